The number of aromatic amines is 1. The molecular weight excluding hydrogens is 280 g/mol. The summed E-state index contributed by atoms with van der Waals surface area (Å²) in [4.78, 5) is 17.6. The molecule has 0 aliphatic carbocycles. The Hall–Kier alpha value is -1.85. The maximum atomic E-state index is 12.6. The Bertz CT molecular complexity index is 680. The van der Waals surface area contributed by atoms with Crippen LogP contribution < -0.4 is 0 Å². The van der Waals surface area contributed by atoms with Crippen molar-refractivity contribution in [3.8, 4) is 0 Å². The minimum absolute atomic E-state index is 0.0153. The van der Waals surface area contributed by atoms with E-state index in [9.17, 15) is 9.90 Å². The van der Waals surface area contributed by atoms with Gasteiger partial charge in [-0.3, -0.25) is 4.79 Å². The van der Waals surface area contributed by atoms with Crippen molar-refractivity contribution in [1.82, 2.24) is 9.88 Å². The molecule has 1 aromatic carbocycles. The monoisotopic (exact) mass is 302 g/mol. The van der Waals surface area contributed by atoms with Crippen molar-refractivity contribution in [2.75, 3.05) is 20.3 Å². The van der Waals surface area contributed by atoms with Gasteiger partial charge in [0.2, 0.25) is 5.91 Å². The summed E-state index contributed by atoms with van der Waals surface area (Å²) < 4.78 is 5.33. The Morgan fingerprint density at radius 2 is 2.32 bits per heavy atom. The number of rotatable bonds is 4. The first-order valence-electron chi connectivity index (χ1n) is 7.62. The fourth-order valence-electron chi connectivity index (χ4n) is 3.30. The van der Waals surface area contributed by atoms with Crippen LogP contribution in [0.5, 0.6) is 0 Å². The third-order valence-electron chi connectivity index (χ3n) is 4.59. The van der Waals surface area contributed by atoms with Crippen molar-refractivity contribution < 1.29 is 14.6 Å². The Morgan fingerprint density at radius 3 is 3.05 bits per heavy atom. The van der Waals surface area contributed by atoms with Crippen LogP contribution >= 0.6 is 0 Å². The highest BCUT2D eigenvalue weighted by molar-refractivity contribution is 5.90. The third kappa shape index (κ3) is 2.62. The second-order valence-electron chi connectivity index (χ2n) is 5.96. The summed E-state index contributed by atoms with van der Waals surface area (Å²) >= 11 is 0. The largest absolute Gasteiger partial charge is 0.394 e. The summed E-state index contributed by atoms with van der Waals surface area (Å²) in [6, 6.07) is 5.96. The number of benzene rings is 1. The van der Waals surface area contributed by atoms with Gasteiger partial charge < -0.3 is 19.7 Å². The lowest BCUT2D eigenvalue weighted by molar-refractivity contribution is -0.132. The molecule has 118 valence electrons. The van der Waals surface area contributed by atoms with Gasteiger partial charge in [-0.15, -0.1) is 0 Å². The molecule has 2 atom stereocenters. The molecule has 2 aromatic rings. The van der Waals surface area contributed by atoms with Gasteiger partial charge in [-0.1, -0.05) is 18.2 Å². The highest BCUT2D eigenvalue weighted by Gasteiger charge is 2.34. The number of aryl methyl sites for hydroxylation is 1. The molecular formula is C17H22N2O3. The van der Waals surface area contributed by atoms with E-state index in [2.05, 4.69) is 18.0 Å². The van der Waals surface area contributed by atoms with E-state index in [-0.39, 0.29) is 24.7 Å². The van der Waals surface area contributed by atoms with Crippen LogP contribution in [0.3, 0.4) is 0 Å². The lowest BCUT2D eigenvalue weighted by Gasteiger charge is -2.22. The third-order valence-corrected chi connectivity index (χ3v) is 4.59. The Kier molecular flexibility index (Phi) is 4.18. The van der Waals surface area contributed by atoms with Gasteiger partial charge in [0, 0.05) is 30.8 Å². The molecule has 22 heavy (non-hydrogen) atoms. The van der Waals surface area contributed by atoms with E-state index in [1.54, 1.807) is 12.0 Å². The lowest BCUT2D eigenvalue weighted by Crippen LogP contribution is -2.38. The molecule has 0 saturated carbocycles. The van der Waals surface area contributed by atoms with E-state index >= 15 is 0 Å². The standard InChI is InChI=1S/C17H22N2O3/c1-11-4-3-5-15-12(8-18-17(11)15)6-16(21)19-9-14(22-2)7-13(19)10-20/h3-5,8,13-14,18,20H,6-7,9-10H2,1-2H3/t13-,14+/m0/s1. The van der Waals surface area contributed by atoms with E-state index in [0.717, 1.165) is 16.5 Å². The van der Waals surface area contributed by atoms with E-state index in [1.807, 2.05) is 18.3 Å². The molecule has 1 fully saturated rings. The normalized spacial score (nSPS) is 21.7. The second-order valence-corrected chi connectivity index (χ2v) is 5.96. The average Bonchev–Trinajstić information content (AvgIpc) is 3.12. The molecule has 2 heterocycles. The van der Waals surface area contributed by atoms with Crippen LogP contribution in [0.1, 0.15) is 17.5 Å². The number of carbonyl (C=O) groups excluding carboxylic acids is 1. The van der Waals surface area contributed by atoms with E-state index in [0.29, 0.717) is 19.4 Å². The maximum absolute atomic E-state index is 12.6. The molecule has 1 saturated heterocycles. The van der Waals surface area contributed by atoms with Gasteiger partial charge in [0.1, 0.15) is 0 Å². The van der Waals surface area contributed by atoms with Gasteiger partial charge in [0.05, 0.1) is 25.2 Å². The van der Waals surface area contributed by atoms with Crippen molar-refractivity contribution in [3.05, 3.63) is 35.5 Å². The first-order valence-corrected chi connectivity index (χ1v) is 7.62. The number of hydrogen-bond donors (Lipinski definition) is 2. The van der Waals surface area contributed by atoms with Crippen LogP contribution in [0, 0.1) is 6.92 Å². The molecule has 1 aliphatic heterocycles. The molecule has 3 rings (SSSR count). The molecule has 1 amide bonds. The Morgan fingerprint density at radius 1 is 1.50 bits per heavy atom. The number of carbonyl (C=O) groups is 1. The Balaban J connectivity index is 1.80. The number of likely N-dealkylation sites (tertiary alicyclic amines) is 1. The number of methoxy groups -OCH3 is 1. The SMILES string of the molecule is CO[C@@H]1C[C@@H](CO)N(C(=O)Cc2c[nH]c3c(C)cccc23)C1. The molecule has 5 nitrogen and oxygen atoms in total. The van der Waals surface area contributed by atoms with Gasteiger partial charge in [0.25, 0.3) is 0 Å². The molecule has 1 aliphatic rings. The smallest absolute Gasteiger partial charge is 0.227 e. The fourth-order valence-corrected chi connectivity index (χ4v) is 3.30. The zero-order chi connectivity index (χ0) is 15.7. The van der Waals surface area contributed by atoms with E-state index in [4.69, 9.17) is 4.74 Å². The number of ether oxygens (including phenoxy) is 1. The predicted octanol–water partition coefficient (Wildman–Crippen LogP) is 1.63. The van der Waals surface area contributed by atoms with Crippen molar-refractivity contribution in [2.45, 2.75) is 31.9 Å². The van der Waals surface area contributed by atoms with Gasteiger partial charge in [0.15, 0.2) is 0 Å². The summed E-state index contributed by atoms with van der Waals surface area (Å²) in [6.07, 6.45) is 2.97. The number of aromatic nitrogens is 1. The zero-order valence-corrected chi connectivity index (χ0v) is 13.0. The van der Waals surface area contributed by atoms with Crippen molar-refractivity contribution in [3.63, 3.8) is 0 Å². The molecule has 0 spiro atoms. The summed E-state index contributed by atoms with van der Waals surface area (Å²) in [5.74, 6) is 0.0426. The van der Waals surface area contributed by atoms with Crippen LogP contribution in [0.2, 0.25) is 0 Å². The highest BCUT2D eigenvalue weighted by Crippen LogP contribution is 2.24. The van der Waals surface area contributed by atoms with Gasteiger partial charge in [-0.05, 0) is 24.5 Å². The minimum atomic E-state index is -0.135. The zero-order valence-electron chi connectivity index (χ0n) is 13.0. The number of nitrogens with one attached hydrogen (secondary N) is 1. The first kappa shape index (κ1) is 15.1. The highest BCUT2D eigenvalue weighted by atomic mass is 16.5. The first-order chi connectivity index (χ1) is 10.6. The number of fused-ring (bicyclic) bond motifs is 1. The summed E-state index contributed by atoms with van der Waals surface area (Å²) in [5, 5.41) is 10.6. The van der Waals surface area contributed by atoms with Gasteiger partial charge in [-0.25, -0.2) is 0 Å². The van der Waals surface area contributed by atoms with Crippen molar-refractivity contribution in [1.29, 1.82) is 0 Å². The summed E-state index contributed by atoms with van der Waals surface area (Å²) in [7, 11) is 1.65. The number of amides is 1. The average molecular weight is 302 g/mol. The van der Waals surface area contributed by atoms with Crippen molar-refractivity contribution >= 4 is 16.8 Å². The number of nitrogens with zero attached hydrogens (tertiary/aromatic N) is 1. The topological polar surface area (TPSA) is 65.6 Å². The number of aliphatic hydroxyl groups excluding tert-OH is 1. The van der Waals surface area contributed by atoms with E-state index in [1.165, 1.54) is 5.56 Å². The van der Waals surface area contributed by atoms with Crippen LogP contribution in [0.15, 0.2) is 24.4 Å². The molecule has 0 bridgehead atoms. The molecule has 5 heteroatoms. The lowest BCUT2D eigenvalue weighted by atomic mass is 10.1. The quantitative estimate of drug-likeness (QED) is 0.902. The molecule has 0 radical (unpaired) electrons. The number of para-hydroxylation sites is 1. The second kappa shape index (κ2) is 6.10. The summed E-state index contributed by atoms with van der Waals surface area (Å²) in [5.41, 5.74) is 3.26. The van der Waals surface area contributed by atoms with E-state index < -0.39 is 0 Å². The van der Waals surface area contributed by atoms with Gasteiger partial charge >= 0.3 is 0 Å². The molecule has 0 unspecified atom stereocenters. The molecule has 2 N–H and O–H groups in total. The van der Waals surface area contributed by atoms with Crippen molar-refractivity contribution in [2.24, 2.45) is 0 Å². The maximum Gasteiger partial charge on any atom is 0.227 e. The Labute approximate surface area is 129 Å². The number of aliphatic hydroxyl groups is 1. The van der Waals surface area contributed by atoms with Gasteiger partial charge in [-0.2, -0.15) is 0 Å². The van der Waals surface area contributed by atoms with Crippen LogP contribution in [-0.2, 0) is 16.0 Å². The molecule has 1 aromatic heterocycles. The van der Waals surface area contributed by atoms with Crippen LogP contribution in [0.4, 0.5) is 0 Å². The van der Waals surface area contributed by atoms with Crippen LogP contribution in [-0.4, -0.2) is 53.3 Å². The number of hydrogen-bond acceptors (Lipinski definition) is 3. The van der Waals surface area contributed by atoms with Crippen LogP contribution in [0.25, 0.3) is 10.9 Å². The summed E-state index contributed by atoms with van der Waals surface area (Å²) in [6.45, 7) is 2.59. The fraction of sp³-hybridized carbons (Fsp3) is 0.471. The minimum Gasteiger partial charge on any atom is -0.394 e. The number of H-pyrrole nitrogens is 1. The predicted molar refractivity (Wildman–Crippen MR) is 84.7 cm³/mol.